The van der Waals surface area contributed by atoms with E-state index in [0.717, 1.165) is 12.8 Å². The summed E-state index contributed by atoms with van der Waals surface area (Å²) in [5, 5.41) is 9.64. The Morgan fingerprint density at radius 1 is 1.37 bits per heavy atom. The van der Waals surface area contributed by atoms with E-state index in [-0.39, 0.29) is 18.5 Å². The van der Waals surface area contributed by atoms with Gasteiger partial charge in [-0.25, -0.2) is 0 Å². The third-order valence-electron chi connectivity index (χ3n) is 2.78. The van der Waals surface area contributed by atoms with Gasteiger partial charge in [0, 0.05) is 14.6 Å². The van der Waals surface area contributed by atoms with Gasteiger partial charge in [0.25, 0.3) is 5.91 Å². The standard InChI is InChI=1S/C12H10Cl2INO3/c13-6-3-8(11(15)9(14)4-6)12(19)16(5-10(17)18)7-1-2-7/h3-4,7H,1-2,5H2,(H,17,18). The third-order valence-corrected chi connectivity index (χ3v) is 4.77. The van der Waals surface area contributed by atoms with Crippen molar-refractivity contribution in [1.82, 2.24) is 4.90 Å². The molecule has 0 aliphatic heterocycles. The number of carboxylic acid groups (broad SMARTS) is 1. The van der Waals surface area contributed by atoms with Gasteiger partial charge in [-0.3, -0.25) is 9.59 Å². The van der Waals surface area contributed by atoms with Gasteiger partial charge >= 0.3 is 5.97 Å². The molecule has 1 aromatic carbocycles. The van der Waals surface area contributed by atoms with Crippen LogP contribution in [0.4, 0.5) is 0 Å². The summed E-state index contributed by atoms with van der Waals surface area (Å²) in [7, 11) is 0. The predicted octanol–water partition coefficient (Wildman–Crippen LogP) is 3.29. The number of nitrogens with zero attached hydrogens (tertiary/aromatic N) is 1. The summed E-state index contributed by atoms with van der Waals surface area (Å²) in [6.07, 6.45) is 1.67. The number of hydrogen-bond acceptors (Lipinski definition) is 2. The molecule has 19 heavy (non-hydrogen) atoms. The van der Waals surface area contributed by atoms with Crippen LogP contribution >= 0.6 is 45.8 Å². The van der Waals surface area contributed by atoms with E-state index in [4.69, 9.17) is 28.3 Å². The summed E-state index contributed by atoms with van der Waals surface area (Å²) >= 11 is 13.8. The van der Waals surface area contributed by atoms with Crippen LogP contribution in [0.25, 0.3) is 0 Å². The Hall–Kier alpha value is -0.530. The summed E-state index contributed by atoms with van der Waals surface area (Å²) in [5.41, 5.74) is 0.353. The van der Waals surface area contributed by atoms with Crippen molar-refractivity contribution >= 4 is 57.7 Å². The molecule has 2 rings (SSSR count). The van der Waals surface area contributed by atoms with Crippen molar-refractivity contribution in [2.45, 2.75) is 18.9 Å². The molecule has 0 saturated heterocycles. The molecular formula is C12H10Cl2INO3. The summed E-state index contributed by atoms with van der Waals surface area (Å²) in [6.45, 7) is -0.302. The molecule has 1 fully saturated rings. The summed E-state index contributed by atoms with van der Waals surface area (Å²) in [5.74, 6) is -1.36. The van der Waals surface area contributed by atoms with Crippen LogP contribution in [0.3, 0.4) is 0 Å². The Bertz CT molecular complexity index is 546. The smallest absolute Gasteiger partial charge is 0.323 e. The number of carbonyl (C=O) groups is 2. The molecule has 102 valence electrons. The zero-order valence-electron chi connectivity index (χ0n) is 9.70. The number of aliphatic carboxylic acids is 1. The normalized spacial score (nSPS) is 14.3. The van der Waals surface area contributed by atoms with Crippen LogP contribution in [0.1, 0.15) is 23.2 Å². The van der Waals surface area contributed by atoms with Crippen LogP contribution in [-0.2, 0) is 4.79 Å². The number of hydrogen-bond donors (Lipinski definition) is 1. The molecule has 1 aliphatic rings. The monoisotopic (exact) mass is 413 g/mol. The second-order valence-corrected chi connectivity index (χ2v) is 6.23. The molecule has 1 saturated carbocycles. The highest BCUT2D eigenvalue weighted by Crippen LogP contribution is 2.32. The van der Waals surface area contributed by atoms with Gasteiger partial charge in [-0.2, -0.15) is 0 Å². The van der Waals surface area contributed by atoms with Crippen molar-refractivity contribution in [1.29, 1.82) is 0 Å². The van der Waals surface area contributed by atoms with E-state index in [0.29, 0.717) is 19.2 Å². The first-order valence-electron chi connectivity index (χ1n) is 5.57. The summed E-state index contributed by atoms with van der Waals surface area (Å²) < 4.78 is 0.588. The lowest BCUT2D eigenvalue weighted by atomic mass is 10.2. The molecule has 0 aromatic heterocycles. The van der Waals surface area contributed by atoms with E-state index in [1.807, 2.05) is 22.6 Å². The van der Waals surface area contributed by atoms with Crippen LogP contribution < -0.4 is 0 Å². The average Bonchev–Trinajstić information content (AvgIpc) is 3.13. The Labute approximate surface area is 133 Å². The van der Waals surface area contributed by atoms with E-state index in [2.05, 4.69) is 0 Å². The minimum atomic E-state index is -1.02. The molecule has 7 heteroatoms. The Kier molecular flexibility index (Phi) is 4.58. The molecule has 1 N–H and O–H groups in total. The van der Waals surface area contributed by atoms with Crippen LogP contribution in [0.2, 0.25) is 10.0 Å². The van der Waals surface area contributed by atoms with Crippen LogP contribution in [0.5, 0.6) is 0 Å². The Balaban J connectivity index is 2.33. The highest BCUT2D eigenvalue weighted by Gasteiger charge is 2.35. The van der Waals surface area contributed by atoms with Crippen molar-refractivity contribution in [2.75, 3.05) is 6.54 Å². The fourth-order valence-electron chi connectivity index (χ4n) is 1.76. The van der Waals surface area contributed by atoms with E-state index < -0.39 is 5.97 Å². The molecule has 0 unspecified atom stereocenters. The lowest BCUT2D eigenvalue weighted by Gasteiger charge is -2.21. The second-order valence-electron chi connectivity index (χ2n) is 4.31. The van der Waals surface area contributed by atoms with E-state index in [1.165, 1.54) is 11.0 Å². The fraction of sp³-hybridized carbons (Fsp3) is 0.333. The molecular weight excluding hydrogens is 404 g/mol. The minimum absolute atomic E-state index is 0.0113. The maximum Gasteiger partial charge on any atom is 0.323 e. The van der Waals surface area contributed by atoms with E-state index in [9.17, 15) is 9.59 Å². The summed E-state index contributed by atoms with van der Waals surface area (Å²) in [6, 6.07) is 3.09. The Morgan fingerprint density at radius 2 is 2.00 bits per heavy atom. The number of amides is 1. The lowest BCUT2D eigenvalue weighted by molar-refractivity contribution is -0.137. The quantitative estimate of drug-likeness (QED) is 0.608. The maximum atomic E-state index is 12.4. The average molecular weight is 414 g/mol. The van der Waals surface area contributed by atoms with Gasteiger partial charge in [-0.1, -0.05) is 23.2 Å². The molecule has 0 bridgehead atoms. The molecule has 0 radical (unpaired) electrons. The van der Waals surface area contributed by atoms with Gasteiger partial charge in [0.2, 0.25) is 0 Å². The van der Waals surface area contributed by atoms with Gasteiger partial charge in [0.1, 0.15) is 6.54 Å². The molecule has 0 spiro atoms. The molecule has 0 heterocycles. The van der Waals surface area contributed by atoms with Gasteiger partial charge in [0.15, 0.2) is 0 Å². The summed E-state index contributed by atoms with van der Waals surface area (Å²) in [4.78, 5) is 24.6. The fourth-order valence-corrected chi connectivity index (χ4v) is 2.80. The predicted molar refractivity (Wildman–Crippen MR) is 80.9 cm³/mol. The maximum absolute atomic E-state index is 12.4. The number of carboxylic acids is 1. The zero-order chi connectivity index (χ0) is 14.2. The van der Waals surface area contributed by atoms with Crippen molar-refractivity contribution in [2.24, 2.45) is 0 Å². The second kappa shape index (κ2) is 5.85. The molecule has 1 aromatic rings. The van der Waals surface area contributed by atoms with Crippen LogP contribution in [0.15, 0.2) is 12.1 Å². The topological polar surface area (TPSA) is 57.6 Å². The minimum Gasteiger partial charge on any atom is -0.480 e. The molecule has 1 aliphatic carbocycles. The van der Waals surface area contributed by atoms with Crippen LogP contribution in [0, 0.1) is 3.57 Å². The van der Waals surface area contributed by atoms with Crippen molar-refractivity contribution in [3.8, 4) is 0 Å². The first-order chi connectivity index (χ1) is 8.90. The zero-order valence-corrected chi connectivity index (χ0v) is 13.4. The molecule has 1 amide bonds. The lowest BCUT2D eigenvalue weighted by Crippen LogP contribution is -2.37. The molecule has 0 atom stereocenters. The first kappa shape index (κ1) is 14.9. The molecule has 4 nitrogen and oxygen atoms in total. The number of benzene rings is 1. The van der Waals surface area contributed by atoms with Crippen LogP contribution in [-0.4, -0.2) is 34.5 Å². The largest absolute Gasteiger partial charge is 0.480 e. The Morgan fingerprint density at radius 3 is 2.53 bits per heavy atom. The highest BCUT2D eigenvalue weighted by molar-refractivity contribution is 14.1. The van der Waals surface area contributed by atoms with Gasteiger partial charge in [-0.15, -0.1) is 0 Å². The first-order valence-corrected chi connectivity index (χ1v) is 7.41. The number of carbonyl (C=O) groups excluding carboxylic acids is 1. The third kappa shape index (κ3) is 3.52. The van der Waals surface area contributed by atoms with Crippen molar-refractivity contribution in [3.05, 3.63) is 31.3 Å². The van der Waals surface area contributed by atoms with Crippen molar-refractivity contribution in [3.63, 3.8) is 0 Å². The highest BCUT2D eigenvalue weighted by atomic mass is 127. The van der Waals surface area contributed by atoms with Gasteiger partial charge in [-0.05, 0) is 47.6 Å². The number of halogens is 3. The van der Waals surface area contributed by atoms with E-state index in [1.54, 1.807) is 6.07 Å². The van der Waals surface area contributed by atoms with E-state index >= 15 is 0 Å². The van der Waals surface area contributed by atoms with Gasteiger partial charge < -0.3 is 10.0 Å². The van der Waals surface area contributed by atoms with Crippen molar-refractivity contribution < 1.29 is 14.7 Å². The van der Waals surface area contributed by atoms with Gasteiger partial charge in [0.05, 0.1) is 10.6 Å². The SMILES string of the molecule is O=C(O)CN(C(=O)c1cc(Cl)cc(Cl)c1I)C1CC1. The number of rotatable bonds is 4.